The lowest BCUT2D eigenvalue weighted by atomic mass is 10.2. The molecule has 0 N–H and O–H groups in total. The number of sulfonamides is 1. The maximum absolute atomic E-state index is 12.8. The summed E-state index contributed by atoms with van der Waals surface area (Å²) in [5, 5.41) is 0.368. The first-order valence-corrected chi connectivity index (χ1v) is 9.08. The van der Waals surface area contributed by atoms with Crippen molar-refractivity contribution >= 4 is 27.4 Å². The van der Waals surface area contributed by atoms with E-state index in [4.69, 9.17) is 16.3 Å². The third-order valence-electron chi connectivity index (χ3n) is 3.63. The van der Waals surface area contributed by atoms with Crippen molar-refractivity contribution in [2.24, 2.45) is 0 Å². The standard InChI is InChI=1S/C16H11ClN4O3S/c17-12-4-3-11-10-21(25(22,23)14(11)8-12)15-5-7-19-16(20-15)24-13-2-1-6-18-9-13/h1-9H,10H2. The maximum atomic E-state index is 12.8. The Bertz CT molecular complexity index is 1040. The van der Waals surface area contributed by atoms with Crippen molar-refractivity contribution in [1.82, 2.24) is 15.0 Å². The molecule has 3 heterocycles. The summed E-state index contributed by atoms with van der Waals surface area (Å²) in [6.45, 7) is 0.179. The van der Waals surface area contributed by atoms with Gasteiger partial charge in [0.1, 0.15) is 11.6 Å². The van der Waals surface area contributed by atoms with Gasteiger partial charge in [0.15, 0.2) is 0 Å². The van der Waals surface area contributed by atoms with E-state index < -0.39 is 10.0 Å². The van der Waals surface area contributed by atoms with Crippen LogP contribution in [0.5, 0.6) is 11.8 Å². The minimum absolute atomic E-state index is 0.0367. The van der Waals surface area contributed by atoms with Gasteiger partial charge in [-0.1, -0.05) is 17.7 Å². The van der Waals surface area contributed by atoms with E-state index >= 15 is 0 Å². The number of hydrogen-bond acceptors (Lipinski definition) is 6. The molecule has 0 radical (unpaired) electrons. The molecular formula is C16H11ClN4O3S. The van der Waals surface area contributed by atoms with Crippen LogP contribution in [0.3, 0.4) is 0 Å². The van der Waals surface area contributed by atoms with Gasteiger partial charge >= 0.3 is 6.01 Å². The highest BCUT2D eigenvalue weighted by molar-refractivity contribution is 7.93. The molecule has 9 heteroatoms. The van der Waals surface area contributed by atoms with Gasteiger partial charge in [-0.05, 0) is 29.8 Å². The highest BCUT2D eigenvalue weighted by atomic mass is 35.5. The van der Waals surface area contributed by atoms with E-state index in [0.29, 0.717) is 16.3 Å². The van der Waals surface area contributed by atoms with Crippen LogP contribution >= 0.6 is 11.6 Å². The molecule has 1 aromatic carbocycles. The number of halogens is 1. The maximum Gasteiger partial charge on any atom is 0.323 e. The largest absolute Gasteiger partial charge is 0.423 e. The van der Waals surface area contributed by atoms with E-state index in [0.717, 1.165) is 0 Å². The van der Waals surface area contributed by atoms with Crippen LogP contribution in [0.15, 0.2) is 59.9 Å². The lowest BCUT2D eigenvalue weighted by molar-refractivity contribution is 0.440. The first-order valence-electron chi connectivity index (χ1n) is 7.26. The van der Waals surface area contributed by atoms with Gasteiger partial charge in [-0.3, -0.25) is 4.98 Å². The highest BCUT2D eigenvalue weighted by Crippen LogP contribution is 2.35. The van der Waals surface area contributed by atoms with Crippen LogP contribution in [0, 0.1) is 0 Å². The van der Waals surface area contributed by atoms with Gasteiger partial charge in [0, 0.05) is 23.5 Å². The van der Waals surface area contributed by atoms with Crippen LogP contribution < -0.4 is 9.04 Å². The normalized spacial score (nSPS) is 15.0. The summed E-state index contributed by atoms with van der Waals surface area (Å²) in [7, 11) is -3.72. The number of anilines is 1. The molecule has 4 rings (SSSR count). The first-order chi connectivity index (χ1) is 12.0. The average molecular weight is 375 g/mol. The second-order valence-corrected chi connectivity index (χ2v) is 7.52. The Morgan fingerprint density at radius 2 is 2.04 bits per heavy atom. The Labute approximate surface area is 149 Å². The summed E-state index contributed by atoms with van der Waals surface area (Å²) in [6, 6.07) is 9.77. The van der Waals surface area contributed by atoms with Crippen molar-refractivity contribution in [2.75, 3.05) is 4.31 Å². The van der Waals surface area contributed by atoms with Gasteiger partial charge in [-0.2, -0.15) is 4.98 Å². The van der Waals surface area contributed by atoms with Crippen molar-refractivity contribution in [1.29, 1.82) is 0 Å². The Hall–Kier alpha value is -2.71. The second kappa shape index (κ2) is 5.98. The Kier molecular flexibility index (Phi) is 3.78. The Morgan fingerprint density at radius 1 is 1.16 bits per heavy atom. The minimum Gasteiger partial charge on any atom is -0.423 e. The number of ether oxygens (including phenoxy) is 1. The van der Waals surface area contributed by atoms with E-state index in [-0.39, 0.29) is 23.3 Å². The Balaban J connectivity index is 1.68. The molecule has 0 aliphatic carbocycles. The minimum atomic E-state index is -3.72. The molecule has 0 saturated heterocycles. The summed E-state index contributed by atoms with van der Waals surface area (Å²) in [6.07, 6.45) is 4.57. The zero-order valence-electron chi connectivity index (χ0n) is 12.7. The fraction of sp³-hybridized carbons (Fsp3) is 0.0625. The molecule has 1 aliphatic rings. The summed E-state index contributed by atoms with van der Waals surface area (Å²) in [4.78, 5) is 12.3. The molecule has 3 aromatic rings. The second-order valence-electron chi connectivity index (χ2n) is 5.25. The SMILES string of the molecule is O=S1(=O)c2cc(Cl)ccc2CN1c1ccnc(Oc2cccnc2)n1. The molecule has 0 spiro atoms. The van der Waals surface area contributed by atoms with E-state index in [1.165, 1.54) is 28.8 Å². The van der Waals surface area contributed by atoms with Gasteiger partial charge in [-0.15, -0.1) is 0 Å². The number of fused-ring (bicyclic) bond motifs is 1. The van der Waals surface area contributed by atoms with Crippen molar-refractivity contribution in [3.8, 4) is 11.8 Å². The van der Waals surface area contributed by atoms with Gasteiger partial charge in [0.05, 0.1) is 17.6 Å². The number of aromatic nitrogens is 3. The summed E-state index contributed by atoms with van der Waals surface area (Å²) in [5.74, 6) is 0.681. The van der Waals surface area contributed by atoms with Crippen LogP contribution in [-0.2, 0) is 16.6 Å². The smallest absolute Gasteiger partial charge is 0.323 e. The van der Waals surface area contributed by atoms with Crippen molar-refractivity contribution in [3.05, 3.63) is 65.6 Å². The quantitative estimate of drug-likeness (QED) is 0.700. The number of rotatable bonds is 3. The van der Waals surface area contributed by atoms with Gasteiger partial charge in [0.25, 0.3) is 10.0 Å². The molecule has 126 valence electrons. The predicted octanol–water partition coefficient (Wildman–Crippen LogP) is 3.03. The number of benzene rings is 1. The van der Waals surface area contributed by atoms with Crippen LogP contribution in [0.4, 0.5) is 5.82 Å². The van der Waals surface area contributed by atoms with Crippen LogP contribution in [0.2, 0.25) is 5.02 Å². The molecule has 0 saturated carbocycles. The molecule has 0 atom stereocenters. The van der Waals surface area contributed by atoms with Crippen LogP contribution in [-0.4, -0.2) is 23.4 Å². The van der Waals surface area contributed by atoms with E-state index in [2.05, 4.69) is 15.0 Å². The van der Waals surface area contributed by atoms with Crippen LogP contribution in [0.1, 0.15) is 5.56 Å². The third kappa shape index (κ3) is 2.90. The molecule has 0 bridgehead atoms. The molecule has 0 amide bonds. The number of hydrogen-bond donors (Lipinski definition) is 0. The highest BCUT2D eigenvalue weighted by Gasteiger charge is 2.36. The molecule has 7 nitrogen and oxygen atoms in total. The first kappa shape index (κ1) is 15.8. The lowest BCUT2D eigenvalue weighted by Crippen LogP contribution is -2.24. The zero-order valence-corrected chi connectivity index (χ0v) is 14.3. The van der Waals surface area contributed by atoms with E-state index in [1.807, 2.05) is 0 Å². The fourth-order valence-corrected chi connectivity index (χ4v) is 4.37. The molecule has 25 heavy (non-hydrogen) atoms. The zero-order chi connectivity index (χ0) is 17.4. The molecule has 0 fully saturated rings. The molecule has 0 unspecified atom stereocenters. The van der Waals surface area contributed by atoms with E-state index in [1.54, 1.807) is 30.5 Å². The Morgan fingerprint density at radius 3 is 2.84 bits per heavy atom. The van der Waals surface area contributed by atoms with Gasteiger partial charge in [-0.25, -0.2) is 17.7 Å². The predicted molar refractivity (Wildman–Crippen MR) is 91.2 cm³/mol. The monoisotopic (exact) mass is 374 g/mol. The summed E-state index contributed by atoms with van der Waals surface area (Å²) >= 11 is 5.93. The number of nitrogens with zero attached hydrogens (tertiary/aromatic N) is 4. The van der Waals surface area contributed by atoms with Crippen LogP contribution in [0.25, 0.3) is 0 Å². The van der Waals surface area contributed by atoms with Gasteiger partial charge < -0.3 is 4.74 Å². The third-order valence-corrected chi connectivity index (χ3v) is 5.70. The molecule has 1 aliphatic heterocycles. The average Bonchev–Trinajstić information content (AvgIpc) is 2.87. The number of pyridine rings is 1. The topological polar surface area (TPSA) is 85.3 Å². The van der Waals surface area contributed by atoms with Gasteiger partial charge in [0.2, 0.25) is 0 Å². The molecule has 2 aromatic heterocycles. The lowest BCUT2D eigenvalue weighted by Gasteiger charge is -2.16. The van der Waals surface area contributed by atoms with Crippen molar-refractivity contribution in [2.45, 2.75) is 11.4 Å². The summed E-state index contributed by atoms with van der Waals surface area (Å²) < 4.78 is 32.2. The summed E-state index contributed by atoms with van der Waals surface area (Å²) in [5.41, 5.74) is 0.665. The van der Waals surface area contributed by atoms with Crippen molar-refractivity contribution < 1.29 is 13.2 Å². The van der Waals surface area contributed by atoms with Crippen molar-refractivity contribution in [3.63, 3.8) is 0 Å². The fourth-order valence-electron chi connectivity index (χ4n) is 2.49. The molecular weight excluding hydrogens is 364 g/mol. The van der Waals surface area contributed by atoms with E-state index in [9.17, 15) is 8.42 Å².